The fourth-order valence-corrected chi connectivity index (χ4v) is 3.38. The Labute approximate surface area is 145 Å². The largest absolute Gasteiger partial charge is 0.481 e. The predicted octanol–water partition coefficient (Wildman–Crippen LogP) is 3.66. The van der Waals surface area contributed by atoms with Gasteiger partial charge in [0.1, 0.15) is 11.6 Å². The minimum Gasteiger partial charge on any atom is -0.481 e. The number of rotatable bonds is 3. The number of halogens is 1. The van der Waals surface area contributed by atoms with Crippen molar-refractivity contribution in [1.82, 2.24) is 9.88 Å². The highest BCUT2D eigenvalue weighted by Gasteiger charge is 2.27. The second-order valence-electron chi connectivity index (χ2n) is 6.35. The Morgan fingerprint density at radius 3 is 2.76 bits per heavy atom. The molecule has 128 valence electrons. The molecule has 0 saturated heterocycles. The SMILES string of the molecule is C[C@H](Oc1ccc(F)cc1)C(=O)N1CCc2[nH]c3ccccc3c2C1. The van der Waals surface area contributed by atoms with Gasteiger partial charge in [0.15, 0.2) is 6.10 Å². The Kier molecular flexibility index (Phi) is 3.92. The van der Waals surface area contributed by atoms with Gasteiger partial charge in [-0.05, 0) is 37.3 Å². The molecule has 1 aromatic heterocycles. The van der Waals surface area contributed by atoms with E-state index in [2.05, 4.69) is 17.1 Å². The molecule has 5 heteroatoms. The summed E-state index contributed by atoms with van der Waals surface area (Å²) >= 11 is 0. The number of H-pyrrole nitrogens is 1. The number of ether oxygens (including phenoxy) is 1. The fraction of sp³-hybridized carbons (Fsp3) is 0.250. The van der Waals surface area contributed by atoms with Gasteiger partial charge in [-0.25, -0.2) is 4.39 Å². The number of aromatic nitrogens is 1. The molecule has 0 radical (unpaired) electrons. The number of nitrogens with zero attached hydrogens (tertiary/aromatic N) is 1. The Morgan fingerprint density at radius 2 is 1.96 bits per heavy atom. The van der Waals surface area contributed by atoms with Crippen LogP contribution in [0.3, 0.4) is 0 Å². The second kappa shape index (κ2) is 6.24. The standard InChI is InChI=1S/C20H19FN2O2/c1-13(25-15-8-6-14(21)7-9-15)20(24)23-11-10-19-17(12-23)16-4-2-3-5-18(16)22-19/h2-9,13,22H,10-12H2,1H3/t13-/m0/s1. The lowest BCUT2D eigenvalue weighted by molar-refractivity contribution is -0.138. The molecule has 1 aliphatic rings. The van der Waals surface area contributed by atoms with Crippen molar-refractivity contribution in [3.8, 4) is 5.75 Å². The van der Waals surface area contributed by atoms with Crippen LogP contribution in [0.5, 0.6) is 5.75 Å². The first-order chi connectivity index (χ1) is 12.1. The molecule has 4 rings (SSSR count). The first kappa shape index (κ1) is 15.7. The van der Waals surface area contributed by atoms with Crippen LogP contribution in [-0.4, -0.2) is 28.4 Å². The molecule has 0 spiro atoms. The summed E-state index contributed by atoms with van der Waals surface area (Å²) in [7, 11) is 0. The monoisotopic (exact) mass is 338 g/mol. The van der Waals surface area contributed by atoms with Gasteiger partial charge in [0.2, 0.25) is 0 Å². The Bertz CT molecular complexity index is 917. The maximum Gasteiger partial charge on any atom is 0.263 e. The second-order valence-corrected chi connectivity index (χ2v) is 6.35. The molecule has 4 nitrogen and oxygen atoms in total. The summed E-state index contributed by atoms with van der Waals surface area (Å²) in [5.74, 6) is 0.113. The highest BCUT2D eigenvalue weighted by atomic mass is 19.1. The van der Waals surface area contributed by atoms with Gasteiger partial charge >= 0.3 is 0 Å². The molecule has 0 aliphatic carbocycles. The number of fused-ring (bicyclic) bond motifs is 3. The quantitative estimate of drug-likeness (QED) is 0.792. The third-order valence-electron chi connectivity index (χ3n) is 4.67. The summed E-state index contributed by atoms with van der Waals surface area (Å²) in [5.41, 5.74) is 3.50. The van der Waals surface area contributed by atoms with Crippen LogP contribution in [0.1, 0.15) is 18.2 Å². The molecule has 2 aromatic carbocycles. The number of nitrogens with one attached hydrogen (secondary N) is 1. The molecule has 1 atom stereocenters. The molecule has 0 saturated carbocycles. The average molecular weight is 338 g/mol. The lowest BCUT2D eigenvalue weighted by atomic mass is 10.0. The van der Waals surface area contributed by atoms with Crippen molar-refractivity contribution in [3.05, 3.63) is 65.6 Å². The van der Waals surface area contributed by atoms with Crippen molar-refractivity contribution in [2.24, 2.45) is 0 Å². The Balaban J connectivity index is 1.50. The number of aromatic amines is 1. The molecule has 0 unspecified atom stereocenters. The predicted molar refractivity (Wildman–Crippen MR) is 93.9 cm³/mol. The van der Waals surface area contributed by atoms with E-state index in [4.69, 9.17) is 4.74 Å². The highest BCUT2D eigenvalue weighted by Crippen LogP contribution is 2.28. The van der Waals surface area contributed by atoms with Gasteiger partial charge in [0, 0.05) is 41.7 Å². The third kappa shape index (κ3) is 2.97. The van der Waals surface area contributed by atoms with E-state index in [-0.39, 0.29) is 11.7 Å². The Morgan fingerprint density at radius 1 is 1.20 bits per heavy atom. The van der Waals surface area contributed by atoms with Crippen molar-refractivity contribution >= 4 is 16.8 Å². The molecular weight excluding hydrogens is 319 g/mol. The van der Waals surface area contributed by atoms with Crippen LogP contribution < -0.4 is 4.74 Å². The zero-order chi connectivity index (χ0) is 17.4. The summed E-state index contributed by atoms with van der Waals surface area (Å²) in [6, 6.07) is 13.9. The topological polar surface area (TPSA) is 45.3 Å². The van der Waals surface area contributed by atoms with E-state index in [1.54, 1.807) is 6.92 Å². The van der Waals surface area contributed by atoms with E-state index in [0.29, 0.717) is 18.8 Å². The maximum atomic E-state index is 13.0. The smallest absolute Gasteiger partial charge is 0.263 e. The van der Waals surface area contributed by atoms with E-state index in [0.717, 1.165) is 11.9 Å². The van der Waals surface area contributed by atoms with Crippen LogP contribution in [0.25, 0.3) is 10.9 Å². The molecule has 1 N–H and O–H groups in total. The van der Waals surface area contributed by atoms with E-state index in [9.17, 15) is 9.18 Å². The maximum absolute atomic E-state index is 13.0. The summed E-state index contributed by atoms with van der Waals surface area (Å²) in [6.45, 7) is 2.97. The molecule has 3 aromatic rings. The lowest BCUT2D eigenvalue weighted by Crippen LogP contribution is -2.43. The summed E-state index contributed by atoms with van der Waals surface area (Å²) in [6.07, 6.45) is 0.191. The van der Waals surface area contributed by atoms with E-state index < -0.39 is 6.10 Å². The highest BCUT2D eigenvalue weighted by molar-refractivity contribution is 5.86. The number of amides is 1. The van der Waals surface area contributed by atoms with E-state index in [1.807, 2.05) is 17.0 Å². The van der Waals surface area contributed by atoms with E-state index in [1.165, 1.54) is 40.9 Å². The fourth-order valence-electron chi connectivity index (χ4n) is 3.38. The van der Waals surface area contributed by atoms with Crippen molar-refractivity contribution < 1.29 is 13.9 Å². The normalized spacial score (nSPS) is 15.0. The van der Waals surface area contributed by atoms with Crippen LogP contribution in [-0.2, 0) is 17.8 Å². The number of carbonyl (C=O) groups is 1. The molecule has 0 fully saturated rings. The van der Waals surface area contributed by atoms with Crippen LogP contribution in [0.4, 0.5) is 4.39 Å². The number of para-hydroxylation sites is 1. The number of benzene rings is 2. The molecule has 0 bridgehead atoms. The van der Waals surface area contributed by atoms with Crippen LogP contribution in [0.2, 0.25) is 0 Å². The van der Waals surface area contributed by atoms with Gasteiger partial charge in [-0.3, -0.25) is 4.79 Å². The van der Waals surface area contributed by atoms with Gasteiger partial charge in [0.05, 0.1) is 0 Å². The first-order valence-electron chi connectivity index (χ1n) is 8.41. The van der Waals surface area contributed by atoms with Crippen molar-refractivity contribution in [3.63, 3.8) is 0 Å². The molecule has 1 amide bonds. The summed E-state index contributed by atoms with van der Waals surface area (Å²) < 4.78 is 18.7. The van der Waals surface area contributed by atoms with E-state index >= 15 is 0 Å². The number of carbonyl (C=O) groups excluding carboxylic acids is 1. The van der Waals surface area contributed by atoms with Gasteiger partial charge in [0.25, 0.3) is 5.91 Å². The summed E-state index contributed by atoms with van der Waals surface area (Å²) in [4.78, 5) is 18.0. The molecule has 25 heavy (non-hydrogen) atoms. The molecule has 2 heterocycles. The van der Waals surface area contributed by atoms with Gasteiger partial charge in [-0.1, -0.05) is 18.2 Å². The lowest BCUT2D eigenvalue weighted by Gasteiger charge is -2.29. The van der Waals surface area contributed by atoms with Crippen LogP contribution in [0.15, 0.2) is 48.5 Å². The minimum absolute atomic E-state index is 0.0553. The molecular formula is C20H19FN2O2. The zero-order valence-electron chi connectivity index (χ0n) is 14.0. The minimum atomic E-state index is -0.614. The van der Waals surface area contributed by atoms with Crippen molar-refractivity contribution in [2.75, 3.05) is 6.54 Å². The summed E-state index contributed by atoms with van der Waals surface area (Å²) in [5, 5.41) is 1.17. The molecule has 1 aliphatic heterocycles. The number of hydrogen-bond donors (Lipinski definition) is 1. The third-order valence-corrected chi connectivity index (χ3v) is 4.67. The van der Waals surface area contributed by atoms with Crippen LogP contribution >= 0.6 is 0 Å². The van der Waals surface area contributed by atoms with Crippen LogP contribution in [0, 0.1) is 5.82 Å². The van der Waals surface area contributed by atoms with Crippen molar-refractivity contribution in [1.29, 1.82) is 0 Å². The zero-order valence-corrected chi connectivity index (χ0v) is 14.0. The Hall–Kier alpha value is -2.82. The van der Waals surface area contributed by atoms with Gasteiger partial charge in [-0.15, -0.1) is 0 Å². The number of hydrogen-bond acceptors (Lipinski definition) is 2. The van der Waals surface area contributed by atoms with Gasteiger partial charge in [-0.2, -0.15) is 0 Å². The van der Waals surface area contributed by atoms with Gasteiger partial charge < -0.3 is 14.6 Å². The van der Waals surface area contributed by atoms with Crippen molar-refractivity contribution in [2.45, 2.75) is 26.0 Å². The first-order valence-corrected chi connectivity index (χ1v) is 8.41. The average Bonchev–Trinajstić information content (AvgIpc) is 3.01.